The topological polar surface area (TPSA) is 140 Å². The van der Waals surface area contributed by atoms with Gasteiger partial charge in [0.25, 0.3) is 0 Å². The quantitative estimate of drug-likeness (QED) is 0.336. The highest BCUT2D eigenvalue weighted by Gasteiger charge is 2.81. The first-order valence-electron chi connectivity index (χ1n) is 14.4. The van der Waals surface area contributed by atoms with Crippen LogP contribution in [0.4, 0.5) is 5.82 Å². The second-order valence-corrected chi connectivity index (χ2v) is 33.3. The average molecular weight is 610 g/mol. The van der Waals surface area contributed by atoms with Gasteiger partial charge in [-0.15, -0.1) is 0 Å². The molecule has 9 nitrogen and oxygen atoms in total. The molecule has 0 saturated carbocycles. The Morgan fingerprint density at radius 3 is 1.75 bits per heavy atom. The number of anilines is 1. The van der Waals surface area contributed by atoms with Crippen molar-refractivity contribution >= 4 is 41.2 Å². The zero-order valence-electron chi connectivity index (χ0n) is 27.5. The first kappa shape index (κ1) is 33.3. The van der Waals surface area contributed by atoms with Gasteiger partial charge in [-0.05, 0) is 15.1 Å². The molecule has 1 aliphatic heterocycles. The third-order valence-corrected chi connectivity index (χ3v) is 30.4. The SMILES string of the molecule is CC(C)(C)[Si](C)(C)C(O)[C@H]1O[C@@H](n2cnc3c(N)ncnc32)[C@@](O)([Si](C)(C)C(C)(C)C)[C@@]1(O)[Si](C)(C)C(C)(C)C. The van der Waals surface area contributed by atoms with Gasteiger partial charge in [0, 0.05) is 0 Å². The number of rotatable bonds is 5. The Bertz CT molecular complexity index is 1260. The minimum Gasteiger partial charge on any atom is -0.394 e. The Hall–Kier alpha value is -1.16. The molecule has 2 aromatic heterocycles. The Balaban J connectivity index is 2.53. The number of imidazole rings is 1. The van der Waals surface area contributed by atoms with Crippen molar-refractivity contribution in [3.8, 4) is 0 Å². The van der Waals surface area contributed by atoms with Gasteiger partial charge >= 0.3 is 0 Å². The van der Waals surface area contributed by atoms with E-state index in [4.69, 9.17) is 10.5 Å². The van der Waals surface area contributed by atoms with E-state index >= 15 is 0 Å². The summed E-state index contributed by atoms with van der Waals surface area (Å²) in [5.74, 6) is 0.232. The lowest BCUT2D eigenvalue weighted by molar-refractivity contribution is -0.0745. The fraction of sp³-hybridized carbons (Fsp3) is 0.821. The maximum absolute atomic E-state index is 13.6. The van der Waals surface area contributed by atoms with Crippen molar-refractivity contribution in [2.75, 3.05) is 5.73 Å². The predicted octanol–water partition coefficient (Wildman–Crippen LogP) is 5.27. The summed E-state index contributed by atoms with van der Waals surface area (Å²) in [6.45, 7) is 32.0. The first-order valence-corrected chi connectivity index (χ1v) is 23.4. The van der Waals surface area contributed by atoms with E-state index in [-0.39, 0.29) is 20.9 Å². The van der Waals surface area contributed by atoms with Crippen LogP contribution >= 0.6 is 0 Å². The molecular formula is C28H55N5O4Si3. The summed E-state index contributed by atoms with van der Waals surface area (Å²) in [6.07, 6.45) is 0.885. The molecule has 12 heteroatoms. The van der Waals surface area contributed by atoms with Crippen LogP contribution < -0.4 is 5.73 Å². The second-order valence-electron chi connectivity index (χ2n) is 16.7. The molecule has 1 saturated heterocycles. The fourth-order valence-corrected chi connectivity index (χ4v) is 16.2. The molecule has 0 radical (unpaired) electrons. The standard InChI is InChI=1S/C28H55N5O4Si3/c1-24(2,3)38(10,11)22(34)19-27(35,39(12,13)25(4,5)6)28(36,40(14,15)26(7,8)9)23(37-19)33-17-32-18-20(29)30-16-31-21(18)33/h16-17,19,22-23,34-36H,1-15H3,(H2,29,30,31)/t19-,22?,23-,27+,28-/m1/s1. The molecule has 0 bridgehead atoms. The van der Waals surface area contributed by atoms with Crippen LogP contribution in [-0.2, 0) is 4.74 Å². The second kappa shape index (κ2) is 9.42. The summed E-state index contributed by atoms with van der Waals surface area (Å²) in [4.78, 5) is 13.1. The Morgan fingerprint density at radius 2 is 1.30 bits per heavy atom. The number of hydrogen-bond acceptors (Lipinski definition) is 8. The molecule has 228 valence electrons. The van der Waals surface area contributed by atoms with E-state index in [2.05, 4.69) is 117 Å². The van der Waals surface area contributed by atoms with E-state index in [0.29, 0.717) is 11.2 Å². The molecule has 5 atom stereocenters. The summed E-state index contributed by atoms with van der Waals surface area (Å²) in [6, 6.07) is 0. The molecule has 40 heavy (non-hydrogen) atoms. The van der Waals surface area contributed by atoms with E-state index in [1.165, 1.54) is 6.33 Å². The van der Waals surface area contributed by atoms with Crippen molar-refractivity contribution < 1.29 is 20.1 Å². The zero-order valence-corrected chi connectivity index (χ0v) is 30.5. The maximum Gasteiger partial charge on any atom is 0.167 e. The van der Waals surface area contributed by atoms with Crippen LogP contribution in [0.1, 0.15) is 68.5 Å². The number of hydrogen-bond donors (Lipinski definition) is 4. The van der Waals surface area contributed by atoms with Gasteiger partial charge in [0.2, 0.25) is 0 Å². The van der Waals surface area contributed by atoms with Crippen LogP contribution in [0.5, 0.6) is 0 Å². The largest absolute Gasteiger partial charge is 0.394 e. The third-order valence-electron chi connectivity index (χ3n) is 11.9. The Labute approximate surface area is 244 Å². The number of aromatic nitrogens is 4. The zero-order chi connectivity index (χ0) is 31.3. The van der Waals surface area contributed by atoms with E-state index < -0.39 is 52.7 Å². The molecule has 0 amide bonds. The van der Waals surface area contributed by atoms with Crippen molar-refractivity contribution in [2.24, 2.45) is 0 Å². The van der Waals surface area contributed by atoms with E-state index in [9.17, 15) is 15.3 Å². The number of nitrogens with zero attached hydrogens (tertiary/aromatic N) is 4. The van der Waals surface area contributed by atoms with Gasteiger partial charge in [-0.3, -0.25) is 4.57 Å². The summed E-state index contributed by atoms with van der Waals surface area (Å²) in [5, 5.41) is 35.3. The molecule has 5 N–H and O–H groups in total. The van der Waals surface area contributed by atoms with Crippen molar-refractivity contribution in [1.29, 1.82) is 0 Å². The number of fused-ring (bicyclic) bond motifs is 1. The van der Waals surface area contributed by atoms with E-state index in [1.54, 1.807) is 10.9 Å². The lowest BCUT2D eigenvalue weighted by Gasteiger charge is -2.62. The highest BCUT2D eigenvalue weighted by Crippen LogP contribution is 2.64. The molecule has 1 fully saturated rings. The fourth-order valence-electron chi connectivity index (χ4n) is 5.94. The molecule has 1 unspecified atom stereocenters. The molecule has 3 heterocycles. The molecular weight excluding hydrogens is 555 g/mol. The number of aliphatic hydroxyl groups is 3. The van der Waals surface area contributed by atoms with Crippen LogP contribution in [0.2, 0.25) is 54.4 Å². The number of aliphatic hydroxyl groups excluding tert-OH is 1. The van der Waals surface area contributed by atoms with Gasteiger partial charge < -0.3 is 25.8 Å². The Morgan fingerprint density at radius 1 is 0.825 bits per heavy atom. The summed E-state index contributed by atoms with van der Waals surface area (Å²) in [5.41, 5.74) is 6.03. The van der Waals surface area contributed by atoms with Gasteiger partial charge in [0.15, 0.2) is 17.7 Å². The molecule has 2 aromatic rings. The van der Waals surface area contributed by atoms with Crippen LogP contribution in [-0.4, -0.2) is 81.3 Å². The van der Waals surface area contributed by atoms with Crippen LogP contribution in [0, 0.1) is 0 Å². The smallest absolute Gasteiger partial charge is 0.167 e. The van der Waals surface area contributed by atoms with Crippen LogP contribution in [0.3, 0.4) is 0 Å². The van der Waals surface area contributed by atoms with Crippen molar-refractivity contribution in [2.45, 2.75) is 145 Å². The van der Waals surface area contributed by atoms with Crippen molar-refractivity contribution in [3.63, 3.8) is 0 Å². The first-order chi connectivity index (χ1) is 17.6. The highest BCUT2D eigenvalue weighted by atomic mass is 28.3. The van der Waals surface area contributed by atoms with Gasteiger partial charge in [-0.1, -0.05) is 102 Å². The summed E-state index contributed by atoms with van der Waals surface area (Å²) >= 11 is 0. The summed E-state index contributed by atoms with van der Waals surface area (Å²) < 4.78 is 8.68. The van der Waals surface area contributed by atoms with Crippen LogP contribution in [0.25, 0.3) is 11.2 Å². The molecule has 3 rings (SSSR count). The minimum absolute atomic E-state index is 0.194. The highest BCUT2D eigenvalue weighted by molar-refractivity contribution is 6.90. The molecule has 0 aromatic carbocycles. The van der Waals surface area contributed by atoms with Crippen molar-refractivity contribution in [3.05, 3.63) is 12.7 Å². The average Bonchev–Trinajstić information content (AvgIpc) is 3.30. The lowest BCUT2D eigenvalue weighted by Crippen LogP contribution is -2.83. The maximum atomic E-state index is 13.6. The molecule has 0 aliphatic carbocycles. The predicted molar refractivity (Wildman–Crippen MR) is 171 cm³/mol. The van der Waals surface area contributed by atoms with Gasteiger partial charge in [-0.2, -0.15) is 0 Å². The van der Waals surface area contributed by atoms with Gasteiger partial charge in [0.1, 0.15) is 28.4 Å². The van der Waals surface area contributed by atoms with Gasteiger partial charge in [0.05, 0.1) is 36.3 Å². The monoisotopic (exact) mass is 609 g/mol. The van der Waals surface area contributed by atoms with E-state index in [1.807, 2.05) is 0 Å². The number of nitrogens with two attached hydrogens (primary N) is 1. The van der Waals surface area contributed by atoms with E-state index in [0.717, 1.165) is 0 Å². The normalized spacial score (nSPS) is 28.4. The van der Waals surface area contributed by atoms with Gasteiger partial charge in [-0.25, -0.2) is 15.0 Å². The lowest BCUT2D eigenvalue weighted by atomic mass is 10.1. The van der Waals surface area contributed by atoms with Crippen LogP contribution in [0.15, 0.2) is 12.7 Å². The number of ether oxygens (including phenoxy) is 1. The summed E-state index contributed by atoms with van der Waals surface area (Å²) in [7, 11) is -8.38. The van der Waals surface area contributed by atoms with Crippen molar-refractivity contribution in [1.82, 2.24) is 19.5 Å². The minimum atomic E-state index is -2.94. The third kappa shape index (κ3) is 4.22. The molecule has 0 spiro atoms. The number of nitrogen functional groups attached to an aromatic ring is 1. The Kier molecular flexibility index (Phi) is 7.85. The molecule has 1 aliphatic rings.